The normalized spacial score (nSPS) is 14.6. The Bertz CT molecular complexity index is 685. The number of carbonyl (C=O) groups excluding carboxylic acids is 1. The van der Waals surface area contributed by atoms with Crippen molar-refractivity contribution in [2.75, 3.05) is 13.1 Å². The highest BCUT2D eigenvalue weighted by molar-refractivity contribution is 7.09. The molecule has 0 unspecified atom stereocenters. The maximum Gasteiger partial charge on any atom is 0.246 e. The second-order valence-corrected chi connectivity index (χ2v) is 6.64. The van der Waals surface area contributed by atoms with Crippen LogP contribution in [0.5, 0.6) is 5.75 Å². The van der Waals surface area contributed by atoms with Gasteiger partial charge in [0, 0.05) is 24.5 Å². The molecule has 0 bridgehead atoms. The number of aromatic nitrogens is 1. The van der Waals surface area contributed by atoms with Gasteiger partial charge in [0.2, 0.25) is 5.91 Å². The van der Waals surface area contributed by atoms with Gasteiger partial charge in [0.25, 0.3) is 0 Å². The third-order valence-electron chi connectivity index (χ3n) is 3.77. The number of rotatable bonds is 5. The molecule has 1 aliphatic rings. The van der Waals surface area contributed by atoms with Gasteiger partial charge in [0.1, 0.15) is 12.4 Å². The third kappa shape index (κ3) is 4.42. The molecule has 120 valence electrons. The number of thiazole rings is 1. The van der Waals surface area contributed by atoms with Crippen molar-refractivity contribution < 1.29 is 9.53 Å². The molecule has 23 heavy (non-hydrogen) atoms. The fourth-order valence-electron chi connectivity index (χ4n) is 2.52. The Balaban J connectivity index is 1.53. The first-order valence-electron chi connectivity index (χ1n) is 7.81. The summed E-state index contributed by atoms with van der Waals surface area (Å²) in [4.78, 5) is 18.2. The molecule has 0 atom stereocenters. The zero-order chi connectivity index (χ0) is 16.1. The van der Waals surface area contributed by atoms with Gasteiger partial charge in [-0.15, -0.1) is 11.3 Å². The Morgan fingerprint density at radius 1 is 1.30 bits per heavy atom. The van der Waals surface area contributed by atoms with Crippen molar-refractivity contribution in [2.24, 2.45) is 0 Å². The number of hydrogen-bond acceptors (Lipinski definition) is 4. The van der Waals surface area contributed by atoms with E-state index in [0.29, 0.717) is 6.61 Å². The number of benzene rings is 1. The maximum atomic E-state index is 12.0. The molecule has 1 aromatic heterocycles. The lowest BCUT2D eigenvalue weighted by atomic mass is 10.2. The molecule has 0 spiro atoms. The summed E-state index contributed by atoms with van der Waals surface area (Å²) in [5, 5.41) is 3.06. The molecule has 2 aromatic rings. The fraction of sp³-hybridized carbons (Fsp3) is 0.333. The highest BCUT2D eigenvalue weighted by Gasteiger charge is 2.14. The van der Waals surface area contributed by atoms with Gasteiger partial charge >= 0.3 is 0 Å². The van der Waals surface area contributed by atoms with E-state index in [2.05, 4.69) is 4.98 Å². The summed E-state index contributed by atoms with van der Waals surface area (Å²) < 4.78 is 5.71. The summed E-state index contributed by atoms with van der Waals surface area (Å²) in [7, 11) is 0. The molecule has 1 aromatic carbocycles. The zero-order valence-corrected chi connectivity index (χ0v) is 14.0. The maximum absolute atomic E-state index is 12.0. The Morgan fingerprint density at radius 2 is 2.04 bits per heavy atom. The molecule has 0 N–H and O–H groups in total. The van der Waals surface area contributed by atoms with Crippen LogP contribution in [-0.4, -0.2) is 28.9 Å². The van der Waals surface area contributed by atoms with Gasteiger partial charge in [-0.05, 0) is 43.5 Å². The van der Waals surface area contributed by atoms with Gasteiger partial charge in [-0.25, -0.2) is 4.98 Å². The van der Waals surface area contributed by atoms with Crippen LogP contribution < -0.4 is 4.74 Å². The average Bonchev–Trinajstić information content (AvgIpc) is 3.23. The molecule has 5 heteroatoms. The Labute approximate surface area is 140 Å². The van der Waals surface area contributed by atoms with Crippen LogP contribution in [0.3, 0.4) is 0 Å². The van der Waals surface area contributed by atoms with Crippen LogP contribution in [0, 0.1) is 6.92 Å². The van der Waals surface area contributed by atoms with Crippen LogP contribution in [0.1, 0.15) is 29.1 Å². The van der Waals surface area contributed by atoms with E-state index < -0.39 is 0 Å². The quantitative estimate of drug-likeness (QED) is 0.787. The van der Waals surface area contributed by atoms with Gasteiger partial charge in [-0.1, -0.05) is 12.1 Å². The Kier molecular flexibility index (Phi) is 5.08. The van der Waals surface area contributed by atoms with E-state index in [1.807, 2.05) is 47.5 Å². The fourth-order valence-corrected chi connectivity index (χ4v) is 3.11. The monoisotopic (exact) mass is 328 g/mol. The lowest BCUT2D eigenvalue weighted by Gasteiger charge is -2.11. The van der Waals surface area contributed by atoms with Crippen molar-refractivity contribution in [1.29, 1.82) is 0 Å². The van der Waals surface area contributed by atoms with Gasteiger partial charge in [0.15, 0.2) is 0 Å². The van der Waals surface area contributed by atoms with Gasteiger partial charge in [-0.2, -0.15) is 0 Å². The number of amides is 1. The average molecular weight is 328 g/mol. The van der Waals surface area contributed by atoms with Gasteiger partial charge in [-0.3, -0.25) is 4.79 Å². The summed E-state index contributed by atoms with van der Waals surface area (Å²) in [6.45, 7) is 4.23. The predicted octanol–water partition coefficient (Wildman–Crippen LogP) is 3.67. The first-order valence-corrected chi connectivity index (χ1v) is 8.69. The minimum Gasteiger partial charge on any atom is -0.487 e. The number of carbonyl (C=O) groups is 1. The molecule has 3 rings (SSSR count). The third-order valence-corrected chi connectivity index (χ3v) is 4.59. The summed E-state index contributed by atoms with van der Waals surface area (Å²) in [5.74, 6) is 0.903. The van der Waals surface area contributed by atoms with E-state index in [0.717, 1.165) is 47.9 Å². The van der Waals surface area contributed by atoms with E-state index >= 15 is 0 Å². The second kappa shape index (κ2) is 7.42. The van der Waals surface area contributed by atoms with E-state index in [4.69, 9.17) is 4.74 Å². The van der Waals surface area contributed by atoms with E-state index in [9.17, 15) is 4.79 Å². The number of hydrogen-bond donors (Lipinski definition) is 0. The van der Waals surface area contributed by atoms with Crippen molar-refractivity contribution in [3.63, 3.8) is 0 Å². The Hall–Kier alpha value is -2.14. The van der Waals surface area contributed by atoms with E-state index in [-0.39, 0.29) is 5.91 Å². The van der Waals surface area contributed by atoms with Crippen LogP contribution >= 0.6 is 11.3 Å². The van der Waals surface area contributed by atoms with Crippen LogP contribution in [0.2, 0.25) is 0 Å². The minimum absolute atomic E-state index is 0.0988. The lowest BCUT2D eigenvalue weighted by Crippen LogP contribution is -2.25. The van der Waals surface area contributed by atoms with E-state index in [1.165, 1.54) is 0 Å². The van der Waals surface area contributed by atoms with Crippen molar-refractivity contribution in [1.82, 2.24) is 9.88 Å². The summed E-state index contributed by atoms with van der Waals surface area (Å²) in [6, 6.07) is 7.74. The molecular weight excluding hydrogens is 308 g/mol. The van der Waals surface area contributed by atoms with Crippen molar-refractivity contribution in [2.45, 2.75) is 26.4 Å². The van der Waals surface area contributed by atoms with Gasteiger partial charge in [0.05, 0.1) is 10.7 Å². The standard InChI is InChI=1S/C18H20N2O2S/c1-14-19-16(13-23-14)12-22-17-7-4-15(5-8-17)6-9-18(21)20-10-2-3-11-20/h4-9,13H,2-3,10-12H2,1H3. The SMILES string of the molecule is Cc1nc(COc2ccc(C=CC(=O)N3CCCC3)cc2)cs1. The highest BCUT2D eigenvalue weighted by Crippen LogP contribution is 2.16. The van der Waals surface area contributed by atoms with Crippen LogP contribution in [0.4, 0.5) is 0 Å². The molecule has 0 radical (unpaired) electrons. The summed E-state index contributed by atoms with van der Waals surface area (Å²) >= 11 is 1.63. The number of aryl methyl sites for hydroxylation is 1. The van der Waals surface area contributed by atoms with Crippen LogP contribution in [0.15, 0.2) is 35.7 Å². The summed E-state index contributed by atoms with van der Waals surface area (Å²) in [6.07, 6.45) is 5.74. The molecule has 0 aliphatic carbocycles. The molecule has 1 amide bonds. The predicted molar refractivity (Wildman–Crippen MR) is 92.5 cm³/mol. The molecular formula is C18H20N2O2S. The second-order valence-electron chi connectivity index (χ2n) is 5.58. The first-order chi connectivity index (χ1) is 11.2. The topological polar surface area (TPSA) is 42.4 Å². The lowest BCUT2D eigenvalue weighted by molar-refractivity contribution is -0.124. The Morgan fingerprint density at radius 3 is 2.70 bits per heavy atom. The largest absolute Gasteiger partial charge is 0.487 e. The molecule has 1 fully saturated rings. The molecule has 0 saturated carbocycles. The number of nitrogens with zero attached hydrogens (tertiary/aromatic N) is 2. The van der Waals surface area contributed by atoms with E-state index in [1.54, 1.807) is 17.4 Å². The number of ether oxygens (including phenoxy) is 1. The minimum atomic E-state index is 0.0988. The summed E-state index contributed by atoms with van der Waals surface area (Å²) in [5.41, 5.74) is 1.95. The first kappa shape index (κ1) is 15.7. The van der Waals surface area contributed by atoms with Gasteiger partial charge < -0.3 is 9.64 Å². The highest BCUT2D eigenvalue weighted by atomic mass is 32.1. The van der Waals surface area contributed by atoms with Crippen LogP contribution in [0.25, 0.3) is 6.08 Å². The molecule has 4 nitrogen and oxygen atoms in total. The molecule has 1 aliphatic heterocycles. The van der Waals surface area contributed by atoms with Crippen LogP contribution in [-0.2, 0) is 11.4 Å². The smallest absolute Gasteiger partial charge is 0.246 e. The van der Waals surface area contributed by atoms with Crippen molar-refractivity contribution >= 4 is 23.3 Å². The number of likely N-dealkylation sites (tertiary alicyclic amines) is 1. The zero-order valence-electron chi connectivity index (χ0n) is 13.2. The van der Waals surface area contributed by atoms with Crippen molar-refractivity contribution in [3.8, 4) is 5.75 Å². The molecule has 1 saturated heterocycles. The van der Waals surface area contributed by atoms with Crippen molar-refractivity contribution in [3.05, 3.63) is 52.0 Å². The molecule has 2 heterocycles.